The SMILES string of the molecule is CC/C=C\C/C=C\C/C=C\C/C=C\C/C=C\CCOCC(COC(=O)CCCCCC/C=C\C/C=C\C/C=C\C/C=C\CC)OC(=O)CCCC/C=C\C/C=C\C/C=C\C/C=C\CC. The fourth-order valence-electron chi connectivity index (χ4n) is 5.97. The summed E-state index contributed by atoms with van der Waals surface area (Å²) in [5.41, 5.74) is 0. The molecule has 0 spiro atoms. The van der Waals surface area contributed by atoms with E-state index in [2.05, 4.69) is 179 Å². The van der Waals surface area contributed by atoms with Crippen LogP contribution in [0.15, 0.2) is 158 Å². The van der Waals surface area contributed by atoms with Crippen LogP contribution in [0.2, 0.25) is 0 Å². The Morgan fingerprint density at radius 3 is 1.06 bits per heavy atom. The minimum atomic E-state index is -0.620. The summed E-state index contributed by atoms with van der Waals surface area (Å²) in [5, 5.41) is 0. The average Bonchev–Trinajstić information content (AvgIpc) is 3.30. The summed E-state index contributed by atoms with van der Waals surface area (Å²) in [4.78, 5) is 25.4. The maximum atomic E-state index is 12.8. The van der Waals surface area contributed by atoms with Crippen LogP contribution in [0.1, 0.15) is 175 Å². The van der Waals surface area contributed by atoms with Crippen LogP contribution in [-0.2, 0) is 23.8 Å². The molecule has 0 N–H and O–H groups in total. The van der Waals surface area contributed by atoms with Crippen molar-refractivity contribution in [2.75, 3.05) is 19.8 Å². The van der Waals surface area contributed by atoms with E-state index in [4.69, 9.17) is 14.2 Å². The third kappa shape index (κ3) is 50.2. The zero-order chi connectivity index (χ0) is 46.3. The predicted octanol–water partition coefficient (Wildman–Crippen LogP) is 17.1. The van der Waals surface area contributed by atoms with E-state index in [1.165, 1.54) is 0 Å². The smallest absolute Gasteiger partial charge is 0.306 e. The fourth-order valence-corrected chi connectivity index (χ4v) is 5.97. The highest BCUT2D eigenvalue weighted by Crippen LogP contribution is 2.10. The van der Waals surface area contributed by atoms with Crippen LogP contribution in [0, 0.1) is 0 Å². The largest absolute Gasteiger partial charge is 0.462 e. The first-order valence-electron chi connectivity index (χ1n) is 25.0. The highest BCUT2D eigenvalue weighted by atomic mass is 16.6. The number of hydrogen-bond donors (Lipinski definition) is 0. The van der Waals surface area contributed by atoms with Crippen molar-refractivity contribution in [3.05, 3.63) is 158 Å². The van der Waals surface area contributed by atoms with Gasteiger partial charge in [0.05, 0.1) is 13.2 Å². The first kappa shape index (κ1) is 59.5. The van der Waals surface area contributed by atoms with E-state index >= 15 is 0 Å². The minimum Gasteiger partial charge on any atom is -0.462 e. The van der Waals surface area contributed by atoms with Crippen molar-refractivity contribution in [2.24, 2.45) is 0 Å². The quantitative estimate of drug-likeness (QED) is 0.0347. The number of ether oxygens (including phenoxy) is 3. The number of carbonyl (C=O) groups is 2. The normalized spacial score (nSPS) is 13.6. The summed E-state index contributed by atoms with van der Waals surface area (Å²) >= 11 is 0. The number of hydrogen-bond acceptors (Lipinski definition) is 5. The van der Waals surface area contributed by atoms with Gasteiger partial charge in [-0.25, -0.2) is 0 Å². The molecule has 1 unspecified atom stereocenters. The summed E-state index contributed by atoms with van der Waals surface area (Å²) in [5.74, 6) is -0.530. The molecule has 0 amide bonds. The molecule has 0 saturated carbocycles. The summed E-state index contributed by atoms with van der Waals surface area (Å²) in [6.45, 7) is 7.17. The molecule has 0 fully saturated rings. The minimum absolute atomic E-state index is 0.0139. The second kappa shape index (κ2) is 52.9. The van der Waals surface area contributed by atoms with Crippen LogP contribution in [0.3, 0.4) is 0 Å². The maximum absolute atomic E-state index is 12.8. The average molecular weight is 879 g/mol. The molecule has 1 atom stereocenters. The van der Waals surface area contributed by atoms with E-state index in [0.717, 1.165) is 141 Å². The Morgan fingerprint density at radius 1 is 0.344 bits per heavy atom. The van der Waals surface area contributed by atoms with Crippen LogP contribution < -0.4 is 0 Å². The van der Waals surface area contributed by atoms with Gasteiger partial charge >= 0.3 is 11.9 Å². The van der Waals surface area contributed by atoms with Crippen molar-refractivity contribution in [3.8, 4) is 0 Å². The molecule has 0 heterocycles. The van der Waals surface area contributed by atoms with E-state index in [1.54, 1.807) is 0 Å². The molecule has 356 valence electrons. The molecule has 0 rings (SSSR count). The van der Waals surface area contributed by atoms with Crippen LogP contribution in [0.25, 0.3) is 0 Å². The third-order valence-electron chi connectivity index (χ3n) is 9.56. The lowest BCUT2D eigenvalue weighted by atomic mass is 10.1. The van der Waals surface area contributed by atoms with Gasteiger partial charge in [0.2, 0.25) is 0 Å². The molecule has 0 bridgehead atoms. The van der Waals surface area contributed by atoms with Gasteiger partial charge in [-0.1, -0.05) is 192 Å². The highest BCUT2D eigenvalue weighted by molar-refractivity contribution is 5.70. The monoisotopic (exact) mass is 879 g/mol. The molecule has 5 nitrogen and oxygen atoms in total. The Kier molecular flexibility index (Phi) is 49.2. The van der Waals surface area contributed by atoms with E-state index in [-0.39, 0.29) is 25.2 Å². The van der Waals surface area contributed by atoms with E-state index in [0.29, 0.717) is 19.4 Å². The van der Waals surface area contributed by atoms with Crippen molar-refractivity contribution in [1.29, 1.82) is 0 Å². The molecular formula is C59H90O5. The molecule has 5 heteroatoms. The molecule has 0 aliphatic carbocycles. The van der Waals surface area contributed by atoms with Crippen molar-refractivity contribution >= 4 is 11.9 Å². The van der Waals surface area contributed by atoms with Crippen LogP contribution in [0.4, 0.5) is 0 Å². The lowest BCUT2D eigenvalue weighted by Crippen LogP contribution is -2.30. The van der Waals surface area contributed by atoms with Crippen LogP contribution >= 0.6 is 0 Å². The topological polar surface area (TPSA) is 61.8 Å². The molecule has 0 aromatic heterocycles. The van der Waals surface area contributed by atoms with Gasteiger partial charge in [0, 0.05) is 12.8 Å². The summed E-state index contributed by atoms with van der Waals surface area (Å²) in [7, 11) is 0. The van der Waals surface area contributed by atoms with Crippen LogP contribution in [-0.4, -0.2) is 37.9 Å². The Bertz CT molecular complexity index is 1460. The van der Waals surface area contributed by atoms with Gasteiger partial charge in [-0.2, -0.15) is 0 Å². The van der Waals surface area contributed by atoms with Crippen molar-refractivity contribution in [1.82, 2.24) is 0 Å². The summed E-state index contributed by atoms with van der Waals surface area (Å²) < 4.78 is 17.2. The van der Waals surface area contributed by atoms with Gasteiger partial charge < -0.3 is 14.2 Å². The van der Waals surface area contributed by atoms with Gasteiger partial charge in [-0.05, 0) is 128 Å². The molecule has 0 radical (unpaired) electrons. The molecule has 0 saturated heterocycles. The molecule has 0 aromatic carbocycles. The van der Waals surface area contributed by atoms with Gasteiger partial charge in [-0.15, -0.1) is 0 Å². The van der Waals surface area contributed by atoms with E-state index in [9.17, 15) is 9.59 Å². The first-order chi connectivity index (χ1) is 31.6. The summed E-state index contributed by atoms with van der Waals surface area (Å²) in [6.07, 6.45) is 78.4. The third-order valence-corrected chi connectivity index (χ3v) is 9.56. The van der Waals surface area contributed by atoms with Crippen molar-refractivity contribution in [2.45, 2.75) is 181 Å². The zero-order valence-corrected chi connectivity index (χ0v) is 40.7. The zero-order valence-electron chi connectivity index (χ0n) is 40.7. The maximum Gasteiger partial charge on any atom is 0.306 e. The fraction of sp³-hybridized carbons (Fsp3) is 0.525. The van der Waals surface area contributed by atoms with E-state index < -0.39 is 6.10 Å². The van der Waals surface area contributed by atoms with Gasteiger partial charge in [0.25, 0.3) is 0 Å². The van der Waals surface area contributed by atoms with Crippen molar-refractivity contribution < 1.29 is 23.8 Å². The van der Waals surface area contributed by atoms with Crippen LogP contribution in [0.5, 0.6) is 0 Å². The molecular weight excluding hydrogens is 789 g/mol. The Morgan fingerprint density at radius 2 is 0.656 bits per heavy atom. The highest BCUT2D eigenvalue weighted by Gasteiger charge is 2.17. The second-order valence-corrected chi connectivity index (χ2v) is 15.6. The molecule has 0 aromatic rings. The van der Waals surface area contributed by atoms with Crippen molar-refractivity contribution in [3.63, 3.8) is 0 Å². The molecule has 0 aliphatic heterocycles. The number of rotatable bonds is 43. The van der Waals surface area contributed by atoms with E-state index in [1.807, 2.05) is 0 Å². The molecule has 0 aliphatic rings. The number of unbranched alkanes of at least 4 members (excludes halogenated alkanes) is 6. The van der Waals surface area contributed by atoms with Gasteiger partial charge in [-0.3, -0.25) is 9.59 Å². The Labute approximate surface area is 393 Å². The lowest BCUT2D eigenvalue weighted by Gasteiger charge is -2.18. The lowest BCUT2D eigenvalue weighted by molar-refractivity contribution is -0.162. The standard InChI is InChI=1S/C59H90O5/c1-4-7-10-13-16-19-22-25-28-30-32-34-37-40-43-46-49-52-58(60)63-56-57(55-62-54-51-48-45-42-39-36-33-29-26-23-20-17-14-11-8-5-2)64-59(61)53-50-47-44-41-38-35-31-27-24-21-18-15-12-9-6-3/h7-12,16-21,25-29,31-32,34,36,38-39,41,45,48,57H,4-6,13-15,22-24,30,33,35,37,40,42-44,46-47,49-56H2,1-3H3/b10-7-,11-8-,12-9-,19-16-,20-17-,21-18-,28-25-,29-26-,31-27-,34-32-,39-36-,41-38-,48-45-. The van der Waals surface area contributed by atoms with Gasteiger partial charge in [0.1, 0.15) is 6.61 Å². The predicted molar refractivity (Wildman–Crippen MR) is 278 cm³/mol. The molecule has 64 heavy (non-hydrogen) atoms. The van der Waals surface area contributed by atoms with Gasteiger partial charge in [0.15, 0.2) is 6.10 Å². The summed E-state index contributed by atoms with van der Waals surface area (Å²) in [6, 6.07) is 0. The second-order valence-electron chi connectivity index (χ2n) is 15.6. The Hall–Kier alpha value is -4.48. The Balaban J connectivity index is 4.54. The number of allylic oxidation sites excluding steroid dienone is 25. The number of esters is 2. The number of carbonyl (C=O) groups excluding carboxylic acids is 2. The first-order valence-corrected chi connectivity index (χ1v) is 25.0.